The molecule has 0 radical (unpaired) electrons. The van der Waals surface area contributed by atoms with E-state index >= 15 is 0 Å². The van der Waals surface area contributed by atoms with Crippen LogP contribution in [0.4, 0.5) is 0 Å². The molecule has 4 heteroatoms. The van der Waals surface area contributed by atoms with E-state index in [1.807, 2.05) is 5.01 Å². The molecule has 2 atom stereocenters. The predicted molar refractivity (Wildman–Crippen MR) is 53.7 cm³/mol. The highest BCUT2D eigenvalue weighted by Gasteiger charge is 2.40. The minimum atomic E-state index is -0.0219. The van der Waals surface area contributed by atoms with Gasteiger partial charge >= 0.3 is 0 Å². The van der Waals surface area contributed by atoms with Crippen LogP contribution in [-0.2, 0) is 9.47 Å². The number of hydrogen-bond acceptors (Lipinski definition) is 4. The lowest BCUT2D eigenvalue weighted by Crippen LogP contribution is -2.55. The first-order chi connectivity index (χ1) is 6.74. The van der Waals surface area contributed by atoms with Crippen LogP contribution >= 0.6 is 0 Å². The lowest BCUT2D eigenvalue weighted by molar-refractivity contribution is -0.153. The Bertz CT molecular complexity index is 197. The highest BCUT2D eigenvalue weighted by atomic mass is 16.5. The van der Waals surface area contributed by atoms with Gasteiger partial charge in [0, 0.05) is 33.2 Å². The molecule has 2 aliphatic heterocycles. The zero-order valence-electron chi connectivity index (χ0n) is 8.87. The Morgan fingerprint density at radius 3 is 3.14 bits per heavy atom. The molecule has 0 aromatic carbocycles. The molecule has 1 spiro atoms. The van der Waals surface area contributed by atoms with Crippen LogP contribution in [0.2, 0.25) is 0 Å². The molecule has 14 heavy (non-hydrogen) atoms. The first kappa shape index (κ1) is 10.4. The van der Waals surface area contributed by atoms with Crippen molar-refractivity contribution in [2.45, 2.75) is 37.4 Å². The van der Waals surface area contributed by atoms with E-state index < -0.39 is 0 Å². The van der Waals surface area contributed by atoms with E-state index in [0.29, 0.717) is 6.10 Å². The van der Waals surface area contributed by atoms with E-state index in [9.17, 15) is 0 Å². The van der Waals surface area contributed by atoms with E-state index in [1.165, 1.54) is 0 Å². The first-order valence-corrected chi connectivity index (χ1v) is 5.40. The molecule has 2 saturated heterocycles. The Kier molecular flexibility index (Phi) is 3.07. The van der Waals surface area contributed by atoms with Gasteiger partial charge in [-0.05, 0) is 19.3 Å². The lowest BCUT2D eigenvalue weighted by atomic mass is 9.85. The third-order valence-electron chi connectivity index (χ3n) is 3.35. The van der Waals surface area contributed by atoms with E-state index in [4.69, 9.17) is 15.3 Å². The maximum Gasteiger partial charge on any atom is 0.0847 e. The lowest BCUT2D eigenvalue weighted by Gasteiger charge is -2.45. The van der Waals surface area contributed by atoms with E-state index in [0.717, 1.165) is 45.4 Å². The average molecular weight is 200 g/mol. The molecule has 2 rings (SSSR count). The van der Waals surface area contributed by atoms with Crippen molar-refractivity contribution in [3.63, 3.8) is 0 Å². The third kappa shape index (κ3) is 2.08. The number of rotatable bonds is 1. The van der Waals surface area contributed by atoms with Gasteiger partial charge in [0.2, 0.25) is 0 Å². The van der Waals surface area contributed by atoms with Crippen molar-refractivity contribution < 1.29 is 9.47 Å². The second-order valence-corrected chi connectivity index (χ2v) is 4.46. The molecular weight excluding hydrogens is 180 g/mol. The van der Waals surface area contributed by atoms with E-state index in [1.54, 1.807) is 7.11 Å². The van der Waals surface area contributed by atoms with Gasteiger partial charge in [-0.2, -0.15) is 0 Å². The zero-order valence-corrected chi connectivity index (χ0v) is 8.87. The maximum atomic E-state index is 5.91. The summed E-state index contributed by atoms with van der Waals surface area (Å²) in [4.78, 5) is 0. The highest BCUT2D eigenvalue weighted by molar-refractivity contribution is 4.92. The Morgan fingerprint density at radius 2 is 2.43 bits per heavy atom. The van der Waals surface area contributed by atoms with E-state index in [2.05, 4.69) is 0 Å². The number of nitrogens with zero attached hydrogens (tertiary/aromatic N) is 1. The molecule has 2 fully saturated rings. The maximum absolute atomic E-state index is 5.91. The molecule has 0 aromatic rings. The number of piperidine rings is 1. The number of hydrazine groups is 1. The Morgan fingerprint density at radius 1 is 1.57 bits per heavy atom. The number of hydrogen-bond donors (Lipinski definition) is 1. The van der Waals surface area contributed by atoms with Crippen LogP contribution in [-0.4, -0.2) is 43.5 Å². The van der Waals surface area contributed by atoms with Crippen LogP contribution < -0.4 is 5.84 Å². The number of nitrogens with two attached hydrogens (primary N) is 1. The fourth-order valence-corrected chi connectivity index (χ4v) is 2.60. The third-order valence-corrected chi connectivity index (χ3v) is 3.35. The van der Waals surface area contributed by atoms with Crippen molar-refractivity contribution in [3.8, 4) is 0 Å². The summed E-state index contributed by atoms with van der Waals surface area (Å²) in [6.45, 7) is 2.65. The quantitative estimate of drug-likeness (QED) is 0.627. The van der Waals surface area contributed by atoms with Gasteiger partial charge in [0.25, 0.3) is 0 Å². The molecule has 2 heterocycles. The molecule has 0 aromatic heterocycles. The summed E-state index contributed by atoms with van der Waals surface area (Å²) in [7, 11) is 1.78. The van der Waals surface area contributed by atoms with Gasteiger partial charge in [-0.1, -0.05) is 0 Å². The Balaban J connectivity index is 1.99. The van der Waals surface area contributed by atoms with Crippen LogP contribution in [0.15, 0.2) is 0 Å². The minimum Gasteiger partial charge on any atom is -0.381 e. The topological polar surface area (TPSA) is 47.7 Å². The van der Waals surface area contributed by atoms with Gasteiger partial charge in [-0.3, -0.25) is 5.84 Å². The summed E-state index contributed by atoms with van der Waals surface area (Å²) in [5, 5.41) is 1.88. The molecular formula is C10H20N2O2. The van der Waals surface area contributed by atoms with Crippen molar-refractivity contribution in [2.75, 3.05) is 26.8 Å². The zero-order chi connectivity index (χ0) is 10.0. The van der Waals surface area contributed by atoms with Crippen LogP contribution in [0.3, 0.4) is 0 Å². The van der Waals surface area contributed by atoms with Crippen LogP contribution in [0.25, 0.3) is 0 Å². The Hall–Kier alpha value is -0.160. The van der Waals surface area contributed by atoms with Crippen molar-refractivity contribution in [1.29, 1.82) is 0 Å². The molecule has 0 unspecified atom stereocenters. The largest absolute Gasteiger partial charge is 0.381 e. The van der Waals surface area contributed by atoms with Gasteiger partial charge in [0.05, 0.1) is 11.7 Å². The Labute approximate surface area is 85.3 Å². The molecule has 2 N–H and O–H groups in total. The van der Waals surface area contributed by atoms with Gasteiger partial charge in [0.1, 0.15) is 0 Å². The second kappa shape index (κ2) is 4.14. The SMILES string of the molecule is CO[C@H]1CCO[C@]2(CCCN(N)C2)C1. The van der Waals surface area contributed by atoms with Gasteiger partial charge < -0.3 is 9.47 Å². The van der Waals surface area contributed by atoms with Gasteiger partial charge in [-0.25, -0.2) is 5.01 Å². The summed E-state index contributed by atoms with van der Waals surface area (Å²) >= 11 is 0. The summed E-state index contributed by atoms with van der Waals surface area (Å²) in [5.41, 5.74) is -0.0219. The fraction of sp³-hybridized carbons (Fsp3) is 1.00. The molecule has 0 bridgehead atoms. The fourth-order valence-electron chi connectivity index (χ4n) is 2.60. The predicted octanol–water partition coefficient (Wildman–Crippen LogP) is 0.520. The minimum absolute atomic E-state index is 0.0219. The van der Waals surface area contributed by atoms with Crippen LogP contribution in [0.1, 0.15) is 25.7 Å². The molecule has 0 saturated carbocycles. The summed E-state index contributed by atoms with van der Waals surface area (Å²) < 4.78 is 11.3. The van der Waals surface area contributed by atoms with Crippen LogP contribution in [0.5, 0.6) is 0 Å². The molecule has 82 valence electrons. The molecule has 4 nitrogen and oxygen atoms in total. The monoisotopic (exact) mass is 200 g/mol. The highest BCUT2D eigenvalue weighted by Crippen LogP contribution is 2.33. The van der Waals surface area contributed by atoms with Crippen molar-refractivity contribution in [3.05, 3.63) is 0 Å². The van der Waals surface area contributed by atoms with Gasteiger partial charge in [0.15, 0.2) is 0 Å². The van der Waals surface area contributed by atoms with Crippen molar-refractivity contribution in [2.24, 2.45) is 5.84 Å². The summed E-state index contributed by atoms with van der Waals surface area (Å²) in [6, 6.07) is 0. The van der Waals surface area contributed by atoms with E-state index in [-0.39, 0.29) is 5.60 Å². The number of ether oxygens (including phenoxy) is 2. The summed E-state index contributed by atoms with van der Waals surface area (Å²) in [6.07, 6.45) is 4.63. The number of methoxy groups -OCH3 is 1. The normalized spacial score (nSPS) is 40.3. The van der Waals surface area contributed by atoms with Crippen molar-refractivity contribution >= 4 is 0 Å². The molecule has 2 aliphatic rings. The molecule has 0 amide bonds. The molecule has 0 aliphatic carbocycles. The smallest absolute Gasteiger partial charge is 0.0847 e. The second-order valence-electron chi connectivity index (χ2n) is 4.46. The van der Waals surface area contributed by atoms with Gasteiger partial charge in [-0.15, -0.1) is 0 Å². The standard InChI is InChI=1S/C10H20N2O2/c1-13-9-3-6-14-10(7-9)4-2-5-12(11)8-10/h9H,2-8,11H2,1H3/t9-,10+/m0/s1. The van der Waals surface area contributed by atoms with Crippen LogP contribution in [0, 0.1) is 0 Å². The average Bonchev–Trinajstić information content (AvgIpc) is 2.17. The van der Waals surface area contributed by atoms with Crippen molar-refractivity contribution in [1.82, 2.24) is 5.01 Å². The first-order valence-electron chi connectivity index (χ1n) is 5.40. The summed E-state index contributed by atoms with van der Waals surface area (Å²) in [5.74, 6) is 5.84.